The third kappa shape index (κ3) is 11.9. The van der Waals surface area contributed by atoms with Gasteiger partial charge >= 0.3 is 5.97 Å². The molecule has 10 heteroatoms. The molecule has 202 valence electrons. The van der Waals surface area contributed by atoms with Crippen LogP contribution in [-0.2, 0) is 25.6 Å². The molecule has 0 bridgehead atoms. The number of benzene rings is 1. The highest BCUT2D eigenvalue weighted by Gasteiger charge is 2.30. The predicted molar refractivity (Wildman–Crippen MR) is 143 cm³/mol. The van der Waals surface area contributed by atoms with E-state index in [2.05, 4.69) is 16.0 Å². The van der Waals surface area contributed by atoms with Gasteiger partial charge in [-0.2, -0.15) is 11.8 Å². The Morgan fingerprint density at radius 3 is 1.89 bits per heavy atom. The molecule has 1 aromatic carbocycles. The van der Waals surface area contributed by atoms with Gasteiger partial charge in [0.05, 0.1) is 6.04 Å². The lowest BCUT2D eigenvalue weighted by Gasteiger charge is -2.26. The summed E-state index contributed by atoms with van der Waals surface area (Å²) in [4.78, 5) is 50.7. The Morgan fingerprint density at radius 2 is 1.36 bits per heavy atom. The molecule has 4 atom stereocenters. The minimum absolute atomic E-state index is 0.100. The number of carboxylic acid groups (broad SMARTS) is 1. The summed E-state index contributed by atoms with van der Waals surface area (Å²) < 4.78 is 0. The highest BCUT2D eigenvalue weighted by atomic mass is 32.2. The molecule has 3 amide bonds. The van der Waals surface area contributed by atoms with E-state index >= 15 is 0 Å². The number of thioether (sulfide) groups is 1. The number of nitrogens with one attached hydrogen (secondary N) is 3. The van der Waals surface area contributed by atoms with Crippen LogP contribution in [-0.4, -0.2) is 65.0 Å². The maximum Gasteiger partial charge on any atom is 0.326 e. The van der Waals surface area contributed by atoms with E-state index in [1.54, 1.807) is 24.3 Å². The molecule has 0 heterocycles. The van der Waals surface area contributed by atoms with Crippen LogP contribution in [0.1, 0.15) is 52.5 Å². The van der Waals surface area contributed by atoms with Crippen molar-refractivity contribution >= 4 is 35.5 Å². The second-order valence-electron chi connectivity index (χ2n) is 9.86. The monoisotopic (exact) mass is 522 g/mol. The summed E-state index contributed by atoms with van der Waals surface area (Å²) in [6.45, 7) is 7.78. The van der Waals surface area contributed by atoms with Gasteiger partial charge in [0.25, 0.3) is 0 Å². The molecule has 0 fully saturated rings. The van der Waals surface area contributed by atoms with Crippen LogP contribution in [0.2, 0.25) is 0 Å². The van der Waals surface area contributed by atoms with Gasteiger partial charge in [-0.1, -0.05) is 58.0 Å². The molecule has 0 aliphatic carbocycles. The van der Waals surface area contributed by atoms with Crippen LogP contribution in [0, 0.1) is 11.8 Å². The fraction of sp³-hybridized carbons (Fsp3) is 0.615. The Labute approximate surface area is 218 Å². The Morgan fingerprint density at radius 1 is 0.833 bits per heavy atom. The van der Waals surface area contributed by atoms with Crippen molar-refractivity contribution in [3.8, 4) is 0 Å². The molecule has 0 spiro atoms. The van der Waals surface area contributed by atoms with E-state index in [4.69, 9.17) is 5.73 Å². The van der Waals surface area contributed by atoms with Crippen LogP contribution in [0.15, 0.2) is 30.3 Å². The summed E-state index contributed by atoms with van der Waals surface area (Å²) in [6, 6.07) is 5.32. The summed E-state index contributed by atoms with van der Waals surface area (Å²) in [5.74, 6) is -1.75. The molecule has 0 saturated carbocycles. The van der Waals surface area contributed by atoms with Gasteiger partial charge in [0, 0.05) is 6.42 Å². The highest BCUT2D eigenvalue weighted by molar-refractivity contribution is 7.98. The lowest BCUT2D eigenvalue weighted by atomic mass is 10.00. The number of nitrogens with two attached hydrogens (primary N) is 1. The fourth-order valence-electron chi connectivity index (χ4n) is 3.70. The van der Waals surface area contributed by atoms with Crippen molar-refractivity contribution in [1.82, 2.24) is 16.0 Å². The molecule has 0 aliphatic rings. The number of hydrogen-bond donors (Lipinski definition) is 5. The first-order valence-electron chi connectivity index (χ1n) is 12.4. The largest absolute Gasteiger partial charge is 0.480 e. The standard InChI is InChI=1S/C26H42N4O5S/c1-16(2)13-19(27)23(31)29-21(14-17(3)4)25(33)28-20(11-12-36-5)24(32)30-22(26(34)35)15-18-9-7-6-8-10-18/h6-10,16-17,19-22H,11-15,27H2,1-5H3,(H,28,33)(H,29,31)(H,30,32)(H,34,35). The van der Waals surface area contributed by atoms with Gasteiger partial charge in [0.2, 0.25) is 17.7 Å². The second-order valence-corrected chi connectivity index (χ2v) is 10.8. The summed E-state index contributed by atoms with van der Waals surface area (Å²) >= 11 is 1.51. The normalized spacial score (nSPS) is 14.6. The van der Waals surface area contributed by atoms with Crippen LogP contribution in [0.3, 0.4) is 0 Å². The first-order valence-corrected chi connectivity index (χ1v) is 13.8. The number of aliphatic carboxylic acids is 1. The van der Waals surface area contributed by atoms with Crippen molar-refractivity contribution < 1.29 is 24.3 Å². The summed E-state index contributed by atoms with van der Waals surface area (Å²) in [7, 11) is 0. The maximum absolute atomic E-state index is 13.2. The molecule has 0 aliphatic heterocycles. The van der Waals surface area contributed by atoms with E-state index in [9.17, 15) is 24.3 Å². The van der Waals surface area contributed by atoms with E-state index in [0.717, 1.165) is 5.56 Å². The lowest BCUT2D eigenvalue weighted by molar-refractivity contribution is -0.142. The summed E-state index contributed by atoms with van der Waals surface area (Å²) in [5, 5.41) is 17.7. The SMILES string of the molecule is CSCCC(NC(=O)C(CC(C)C)NC(=O)C(N)CC(C)C)C(=O)NC(Cc1ccccc1)C(=O)O. The van der Waals surface area contributed by atoms with E-state index in [0.29, 0.717) is 25.0 Å². The number of carbonyl (C=O) groups is 4. The molecular weight excluding hydrogens is 480 g/mol. The molecule has 36 heavy (non-hydrogen) atoms. The van der Waals surface area contributed by atoms with E-state index < -0.39 is 47.9 Å². The first kappa shape index (κ1) is 31.4. The Kier molecular flexibility index (Phi) is 14.2. The third-order valence-corrected chi connectivity index (χ3v) is 6.19. The molecule has 1 rings (SSSR count). The highest BCUT2D eigenvalue weighted by Crippen LogP contribution is 2.10. The van der Waals surface area contributed by atoms with Crippen molar-refractivity contribution in [2.75, 3.05) is 12.0 Å². The van der Waals surface area contributed by atoms with Crippen molar-refractivity contribution in [3.05, 3.63) is 35.9 Å². The van der Waals surface area contributed by atoms with E-state index in [-0.39, 0.29) is 18.3 Å². The van der Waals surface area contributed by atoms with Crippen LogP contribution in [0.4, 0.5) is 0 Å². The molecule has 4 unspecified atom stereocenters. The molecule has 1 aromatic rings. The predicted octanol–water partition coefficient (Wildman–Crippen LogP) is 1.94. The van der Waals surface area contributed by atoms with Gasteiger partial charge < -0.3 is 26.8 Å². The van der Waals surface area contributed by atoms with Crippen LogP contribution in [0.25, 0.3) is 0 Å². The van der Waals surface area contributed by atoms with Gasteiger partial charge in [0.15, 0.2) is 0 Å². The van der Waals surface area contributed by atoms with Crippen LogP contribution >= 0.6 is 11.8 Å². The molecule has 6 N–H and O–H groups in total. The molecule has 9 nitrogen and oxygen atoms in total. The first-order chi connectivity index (χ1) is 16.9. The van der Waals surface area contributed by atoms with Gasteiger partial charge in [-0.3, -0.25) is 14.4 Å². The fourth-order valence-corrected chi connectivity index (χ4v) is 4.17. The van der Waals surface area contributed by atoms with Gasteiger partial charge in [0.1, 0.15) is 18.1 Å². The maximum atomic E-state index is 13.2. The minimum Gasteiger partial charge on any atom is -0.480 e. The zero-order valence-electron chi connectivity index (χ0n) is 22.0. The zero-order chi connectivity index (χ0) is 27.3. The number of carboxylic acids is 1. The molecule has 0 aromatic heterocycles. The van der Waals surface area contributed by atoms with Crippen molar-refractivity contribution in [1.29, 1.82) is 0 Å². The van der Waals surface area contributed by atoms with Gasteiger partial charge in [-0.05, 0) is 48.7 Å². The van der Waals surface area contributed by atoms with E-state index in [1.165, 1.54) is 11.8 Å². The smallest absolute Gasteiger partial charge is 0.326 e. The number of amides is 3. The summed E-state index contributed by atoms with van der Waals surface area (Å²) in [6.07, 6.45) is 3.16. The Hall–Kier alpha value is -2.59. The van der Waals surface area contributed by atoms with Gasteiger partial charge in [-0.15, -0.1) is 0 Å². The van der Waals surface area contributed by atoms with Crippen LogP contribution in [0.5, 0.6) is 0 Å². The molecule has 0 radical (unpaired) electrons. The topological polar surface area (TPSA) is 151 Å². The van der Waals surface area contributed by atoms with Crippen LogP contribution < -0.4 is 21.7 Å². The van der Waals surface area contributed by atoms with Crippen molar-refractivity contribution in [2.45, 2.75) is 77.5 Å². The Balaban J connectivity index is 2.97. The number of rotatable bonds is 16. The second kappa shape index (κ2) is 16.2. The van der Waals surface area contributed by atoms with Crippen molar-refractivity contribution in [2.24, 2.45) is 17.6 Å². The zero-order valence-corrected chi connectivity index (χ0v) is 22.8. The average molecular weight is 523 g/mol. The minimum atomic E-state index is -1.16. The van der Waals surface area contributed by atoms with Gasteiger partial charge in [-0.25, -0.2) is 4.79 Å². The van der Waals surface area contributed by atoms with E-state index in [1.807, 2.05) is 40.0 Å². The summed E-state index contributed by atoms with van der Waals surface area (Å²) in [5.41, 5.74) is 6.76. The quantitative estimate of drug-likeness (QED) is 0.223. The third-order valence-electron chi connectivity index (χ3n) is 5.54. The molecule has 0 saturated heterocycles. The lowest BCUT2D eigenvalue weighted by Crippen LogP contribution is -2.57. The number of hydrogen-bond acceptors (Lipinski definition) is 6. The van der Waals surface area contributed by atoms with Crippen molar-refractivity contribution in [3.63, 3.8) is 0 Å². The number of carbonyl (C=O) groups excluding carboxylic acids is 3. The average Bonchev–Trinajstić information content (AvgIpc) is 2.80. The Bertz CT molecular complexity index is 850. The molecular formula is C26H42N4O5S.